The minimum Gasteiger partial charge on any atom is -0.353 e. The number of nitrogens with zero attached hydrogens (tertiary/aromatic N) is 5. The van der Waals surface area contributed by atoms with Crippen LogP contribution in [0.1, 0.15) is 0 Å². The molecule has 7 heteroatoms. The molecule has 0 radical (unpaired) electrons. The van der Waals surface area contributed by atoms with Gasteiger partial charge in [-0.05, 0) is 35.8 Å². The van der Waals surface area contributed by atoms with Crippen molar-refractivity contribution >= 4 is 38.3 Å². The lowest BCUT2D eigenvalue weighted by Gasteiger charge is -2.35. The first-order valence-electron chi connectivity index (χ1n) is 9.55. The minimum absolute atomic E-state index is 0.00863. The van der Waals surface area contributed by atoms with Crippen molar-refractivity contribution in [2.75, 3.05) is 37.6 Å². The van der Waals surface area contributed by atoms with E-state index in [4.69, 9.17) is 0 Å². The van der Waals surface area contributed by atoms with Crippen LogP contribution in [0.15, 0.2) is 59.7 Å². The molecular weight excluding hydrogens is 370 g/mol. The van der Waals surface area contributed by atoms with Crippen molar-refractivity contribution in [2.24, 2.45) is 0 Å². The molecule has 1 saturated heterocycles. The highest BCUT2D eigenvalue weighted by Gasteiger charge is 2.20. The summed E-state index contributed by atoms with van der Waals surface area (Å²) in [5, 5.41) is 2.14. The Morgan fingerprint density at radius 2 is 1.82 bits per heavy atom. The van der Waals surface area contributed by atoms with Crippen molar-refractivity contribution < 1.29 is 0 Å². The van der Waals surface area contributed by atoms with E-state index in [1.165, 1.54) is 10.1 Å². The first kappa shape index (κ1) is 17.3. The van der Waals surface area contributed by atoms with E-state index >= 15 is 0 Å². The second-order valence-electron chi connectivity index (χ2n) is 7.09. The van der Waals surface area contributed by atoms with Crippen LogP contribution in [0.4, 0.5) is 5.82 Å². The van der Waals surface area contributed by atoms with Crippen molar-refractivity contribution in [3.63, 3.8) is 0 Å². The van der Waals surface area contributed by atoms with Gasteiger partial charge in [0.25, 0.3) is 5.56 Å². The average Bonchev–Trinajstić information content (AvgIpc) is 3.18. The Labute approximate surface area is 166 Å². The third kappa shape index (κ3) is 3.16. The lowest BCUT2D eigenvalue weighted by Crippen LogP contribution is -2.47. The van der Waals surface area contributed by atoms with Gasteiger partial charge in [-0.2, -0.15) is 4.37 Å². The first-order valence-corrected chi connectivity index (χ1v) is 10.3. The Balaban J connectivity index is 1.23. The van der Waals surface area contributed by atoms with Gasteiger partial charge in [-0.15, -0.1) is 0 Å². The van der Waals surface area contributed by atoms with Gasteiger partial charge in [-0.1, -0.05) is 18.2 Å². The molecule has 28 heavy (non-hydrogen) atoms. The fraction of sp³-hybridized carbons (Fsp3) is 0.286. The van der Waals surface area contributed by atoms with Crippen molar-refractivity contribution in [3.8, 4) is 0 Å². The Hall–Kier alpha value is -2.77. The van der Waals surface area contributed by atoms with Gasteiger partial charge in [0.15, 0.2) is 0 Å². The molecule has 1 fully saturated rings. The summed E-state index contributed by atoms with van der Waals surface area (Å²) in [6, 6.07) is 14.2. The largest absolute Gasteiger partial charge is 0.353 e. The molecule has 3 aromatic heterocycles. The molecule has 5 rings (SSSR count). The van der Waals surface area contributed by atoms with Crippen LogP contribution in [-0.2, 0) is 6.54 Å². The number of hydrogen-bond donors (Lipinski definition) is 0. The van der Waals surface area contributed by atoms with E-state index in [9.17, 15) is 4.79 Å². The van der Waals surface area contributed by atoms with Crippen LogP contribution in [0, 0.1) is 0 Å². The Morgan fingerprint density at radius 3 is 2.71 bits per heavy atom. The van der Waals surface area contributed by atoms with E-state index in [0.717, 1.165) is 43.9 Å². The summed E-state index contributed by atoms with van der Waals surface area (Å²) >= 11 is 1.57. The molecule has 4 aromatic rings. The Morgan fingerprint density at radius 1 is 0.964 bits per heavy atom. The van der Waals surface area contributed by atoms with Gasteiger partial charge in [0.2, 0.25) is 0 Å². The highest BCUT2D eigenvalue weighted by Crippen LogP contribution is 2.29. The van der Waals surface area contributed by atoms with Gasteiger partial charge in [0.05, 0.1) is 4.70 Å². The van der Waals surface area contributed by atoms with Crippen molar-refractivity contribution in [1.29, 1.82) is 0 Å². The zero-order chi connectivity index (χ0) is 18.9. The molecule has 0 unspecified atom stereocenters. The Kier molecular flexibility index (Phi) is 4.54. The van der Waals surface area contributed by atoms with Crippen molar-refractivity contribution in [2.45, 2.75) is 6.54 Å². The molecule has 1 aliphatic heterocycles. The Bertz CT molecular complexity index is 1180. The zero-order valence-electron chi connectivity index (χ0n) is 15.5. The monoisotopic (exact) mass is 391 g/mol. The third-order valence-electron chi connectivity index (χ3n) is 5.42. The van der Waals surface area contributed by atoms with Gasteiger partial charge in [-0.25, -0.2) is 0 Å². The molecule has 0 spiro atoms. The lowest BCUT2D eigenvalue weighted by atomic mass is 10.2. The topological polar surface area (TPSA) is 54.3 Å². The minimum atomic E-state index is -0.00863. The van der Waals surface area contributed by atoms with Gasteiger partial charge < -0.3 is 9.47 Å². The fourth-order valence-electron chi connectivity index (χ4n) is 3.81. The number of rotatable bonds is 4. The molecule has 0 aliphatic carbocycles. The number of hydrogen-bond acceptors (Lipinski definition) is 6. The third-order valence-corrected chi connectivity index (χ3v) is 6.24. The van der Waals surface area contributed by atoms with Crippen LogP contribution in [0.25, 0.3) is 21.0 Å². The van der Waals surface area contributed by atoms with Crippen molar-refractivity contribution in [3.05, 3.63) is 65.2 Å². The summed E-state index contributed by atoms with van der Waals surface area (Å²) in [6.07, 6.45) is 3.56. The molecule has 4 heterocycles. The highest BCUT2D eigenvalue weighted by molar-refractivity contribution is 7.13. The SMILES string of the molecule is O=c1c2ncccc2ccn1CCN1CCN(c2nsc3ccccc23)CC1. The fourth-order valence-corrected chi connectivity index (χ4v) is 4.61. The number of anilines is 1. The van der Waals surface area contributed by atoms with Crippen LogP contribution >= 0.6 is 11.5 Å². The standard InChI is InChI=1S/C21H21N5OS/c27-21-19-16(4-3-8-22-19)7-9-26(21)15-12-24-10-13-25(14-11-24)20-17-5-1-2-6-18(17)28-23-20/h1-9H,10-15H2. The summed E-state index contributed by atoms with van der Waals surface area (Å²) in [6.45, 7) is 5.43. The molecule has 1 aromatic carbocycles. The molecule has 0 N–H and O–H groups in total. The summed E-state index contributed by atoms with van der Waals surface area (Å²) < 4.78 is 7.69. The van der Waals surface area contributed by atoms with Crippen LogP contribution < -0.4 is 10.5 Å². The molecule has 0 amide bonds. The molecule has 0 atom stereocenters. The number of piperazine rings is 1. The van der Waals surface area contributed by atoms with Gasteiger partial charge in [0.1, 0.15) is 11.3 Å². The van der Waals surface area contributed by atoms with E-state index in [-0.39, 0.29) is 5.56 Å². The number of aromatic nitrogens is 3. The maximum Gasteiger partial charge on any atom is 0.277 e. The van der Waals surface area contributed by atoms with Crippen molar-refractivity contribution in [1.82, 2.24) is 18.8 Å². The van der Waals surface area contributed by atoms with E-state index in [1.807, 2.05) is 24.4 Å². The summed E-state index contributed by atoms with van der Waals surface area (Å²) in [5.74, 6) is 1.11. The number of pyridine rings is 2. The first-order chi connectivity index (χ1) is 13.8. The summed E-state index contributed by atoms with van der Waals surface area (Å²) in [7, 11) is 0. The zero-order valence-corrected chi connectivity index (χ0v) is 16.3. The normalized spacial score (nSPS) is 15.5. The van der Waals surface area contributed by atoms with Crippen LogP contribution in [0.5, 0.6) is 0 Å². The molecule has 1 aliphatic rings. The van der Waals surface area contributed by atoms with E-state index in [2.05, 4.69) is 43.4 Å². The van der Waals surface area contributed by atoms with Crippen LogP contribution in [-0.4, -0.2) is 51.5 Å². The lowest BCUT2D eigenvalue weighted by molar-refractivity contribution is 0.247. The second kappa shape index (κ2) is 7.33. The van der Waals surface area contributed by atoms with Gasteiger partial charge >= 0.3 is 0 Å². The second-order valence-corrected chi connectivity index (χ2v) is 7.89. The molecule has 6 nitrogen and oxygen atoms in total. The van der Waals surface area contributed by atoms with E-state index < -0.39 is 0 Å². The average molecular weight is 392 g/mol. The van der Waals surface area contributed by atoms with Gasteiger partial charge in [-0.3, -0.25) is 14.7 Å². The smallest absolute Gasteiger partial charge is 0.277 e. The molecule has 0 saturated carbocycles. The molecule has 0 bridgehead atoms. The maximum atomic E-state index is 12.6. The quantitative estimate of drug-likeness (QED) is 0.535. The van der Waals surface area contributed by atoms with E-state index in [1.54, 1.807) is 22.3 Å². The van der Waals surface area contributed by atoms with Crippen LogP contribution in [0.3, 0.4) is 0 Å². The molecule has 142 valence electrons. The number of benzene rings is 1. The van der Waals surface area contributed by atoms with Gasteiger partial charge in [0, 0.05) is 62.4 Å². The predicted octanol–water partition coefficient (Wildman–Crippen LogP) is 2.83. The predicted molar refractivity (Wildman–Crippen MR) is 114 cm³/mol. The van der Waals surface area contributed by atoms with E-state index in [0.29, 0.717) is 12.1 Å². The molecular formula is C21H21N5OS. The van der Waals surface area contributed by atoms with Crippen LogP contribution in [0.2, 0.25) is 0 Å². The summed E-state index contributed by atoms with van der Waals surface area (Å²) in [5.41, 5.74) is 0.538. The number of fused-ring (bicyclic) bond motifs is 2. The maximum absolute atomic E-state index is 12.6. The highest BCUT2D eigenvalue weighted by atomic mass is 32.1. The summed E-state index contributed by atoms with van der Waals surface area (Å²) in [4.78, 5) is 21.6.